The molecule has 0 saturated heterocycles. The highest BCUT2D eigenvalue weighted by molar-refractivity contribution is 7.97. The number of anilines is 1. The van der Waals surface area contributed by atoms with Crippen LogP contribution in [0.2, 0.25) is 0 Å². The highest BCUT2D eigenvalue weighted by atomic mass is 32.2. The maximum atomic E-state index is 11.1. The number of rotatable bonds is 4. The van der Waals surface area contributed by atoms with Crippen LogP contribution in [-0.4, -0.2) is 27.5 Å². The summed E-state index contributed by atoms with van der Waals surface area (Å²) in [5, 5.41) is 19.3. The molecule has 0 bridgehead atoms. The maximum Gasteiger partial charge on any atom is 0.271 e. The average Bonchev–Trinajstić information content (AvgIpc) is 2.72. The van der Waals surface area contributed by atoms with Crippen molar-refractivity contribution in [1.82, 2.24) is 9.78 Å². The number of thioether (sulfide) groups is 1. The van der Waals surface area contributed by atoms with Crippen molar-refractivity contribution in [2.45, 2.75) is 31.9 Å². The molecular weight excluding hydrogens is 312 g/mol. The number of aromatic nitrogens is 2. The fourth-order valence-electron chi connectivity index (χ4n) is 2.94. The number of non-ortho nitro benzene ring substituents is 1. The van der Waals surface area contributed by atoms with Crippen LogP contribution >= 0.6 is 11.8 Å². The summed E-state index contributed by atoms with van der Waals surface area (Å²) in [5.41, 5.74) is 4.17. The Morgan fingerprint density at radius 3 is 3.00 bits per heavy atom. The molecule has 0 aliphatic carbocycles. The third-order valence-electron chi connectivity index (χ3n) is 4.13. The highest BCUT2D eigenvalue weighted by Gasteiger charge is 2.22. The van der Waals surface area contributed by atoms with Gasteiger partial charge in [0.05, 0.1) is 16.3 Å². The van der Waals surface area contributed by atoms with Crippen LogP contribution in [0.25, 0.3) is 5.69 Å². The standard InChI is InChI=1S/C16H20N4O2S/c1-11-6-7-12(20(21)22)9-15(11)19-16-13(5-3-4-8-17-16)14(18-19)10-23-2/h6-7,9,17H,3-5,8,10H2,1-2H3. The minimum absolute atomic E-state index is 0.0925. The normalized spacial score (nSPS) is 14.0. The first-order valence-corrected chi connectivity index (χ1v) is 9.10. The van der Waals surface area contributed by atoms with Gasteiger partial charge in [-0.3, -0.25) is 10.1 Å². The van der Waals surface area contributed by atoms with Crippen molar-refractivity contribution in [3.05, 3.63) is 45.1 Å². The van der Waals surface area contributed by atoms with Gasteiger partial charge in [0.25, 0.3) is 5.69 Å². The molecule has 0 spiro atoms. The molecule has 1 N–H and O–H groups in total. The van der Waals surface area contributed by atoms with Crippen LogP contribution in [0.5, 0.6) is 0 Å². The van der Waals surface area contributed by atoms with Crippen molar-refractivity contribution >= 4 is 23.3 Å². The highest BCUT2D eigenvalue weighted by Crippen LogP contribution is 2.31. The summed E-state index contributed by atoms with van der Waals surface area (Å²) in [5.74, 6) is 1.85. The number of nitrogens with one attached hydrogen (secondary N) is 1. The third kappa shape index (κ3) is 3.06. The van der Waals surface area contributed by atoms with E-state index in [4.69, 9.17) is 5.10 Å². The fraction of sp³-hybridized carbons (Fsp3) is 0.438. The zero-order valence-corrected chi connectivity index (χ0v) is 14.2. The minimum atomic E-state index is -0.360. The molecule has 0 saturated carbocycles. The Morgan fingerprint density at radius 1 is 1.43 bits per heavy atom. The van der Waals surface area contributed by atoms with E-state index in [2.05, 4.69) is 11.6 Å². The van der Waals surface area contributed by atoms with Gasteiger partial charge >= 0.3 is 0 Å². The van der Waals surface area contributed by atoms with E-state index < -0.39 is 0 Å². The molecule has 3 rings (SSSR count). The molecule has 0 amide bonds. The van der Waals surface area contributed by atoms with E-state index in [9.17, 15) is 10.1 Å². The van der Waals surface area contributed by atoms with E-state index in [0.29, 0.717) is 0 Å². The number of benzene rings is 1. The Hall–Kier alpha value is -2.02. The molecule has 2 aromatic rings. The number of nitro benzene ring substituents is 1. The zero-order chi connectivity index (χ0) is 16.4. The topological polar surface area (TPSA) is 73.0 Å². The van der Waals surface area contributed by atoms with Crippen molar-refractivity contribution < 1.29 is 4.92 Å². The van der Waals surface area contributed by atoms with Crippen LogP contribution in [0.15, 0.2) is 18.2 Å². The van der Waals surface area contributed by atoms with E-state index in [-0.39, 0.29) is 10.6 Å². The molecule has 0 radical (unpaired) electrons. The van der Waals surface area contributed by atoms with Crippen molar-refractivity contribution in [3.8, 4) is 5.69 Å². The molecule has 23 heavy (non-hydrogen) atoms. The van der Waals surface area contributed by atoms with Gasteiger partial charge in [0.15, 0.2) is 0 Å². The Kier molecular flexibility index (Phi) is 4.56. The van der Waals surface area contributed by atoms with E-state index in [0.717, 1.165) is 54.3 Å². The number of fused-ring (bicyclic) bond motifs is 1. The first kappa shape index (κ1) is 15.9. The second kappa shape index (κ2) is 6.62. The summed E-state index contributed by atoms with van der Waals surface area (Å²) in [7, 11) is 0. The lowest BCUT2D eigenvalue weighted by Crippen LogP contribution is -2.08. The van der Waals surface area contributed by atoms with Gasteiger partial charge < -0.3 is 5.32 Å². The van der Waals surface area contributed by atoms with Crippen molar-refractivity contribution in [2.75, 3.05) is 18.1 Å². The Labute approximate surface area is 139 Å². The third-order valence-corrected chi connectivity index (χ3v) is 4.69. The molecule has 2 heterocycles. The number of hydrogen-bond acceptors (Lipinski definition) is 5. The summed E-state index contributed by atoms with van der Waals surface area (Å²) in [4.78, 5) is 10.7. The van der Waals surface area contributed by atoms with Crippen LogP contribution in [0, 0.1) is 17.0 Å². The summed E-state index contributed by atoms with van der Waals surface area (Å²) in [6.07, 6.45) is 5.34. The summed E-state index contributed by atoms with van der Waals surface area (Å²) in [6.45, 7) is 2.86. The van der Waals surface area contributed by atoms with E-state index in [1.807, 2.05) is 11.6 Å². The van der Waals surface area contributed by atoms with Crippen molar-refractivity contribution in [3.63, 3.8) is 0 Å². The molecule has 1 aliphatic rings. The Balaban J connectivity index is 2.16. The predicted molar refractivity (Wildman–Crippen MR) is 93.6 cm³/mol. The fourth-order valence-corrected chi connectivity index (χ4v) is 3.45. The Bertz CT molecular complexity index is 742. The van der Waals surface area contributed by atoms with Crippen LogP contribution in [-0.2, 0) is 12.2 Å². The lowest BCUT2D eigenvalue weighted by Gasteiger charge is -2.11. The number of aryl methyl sites for hydroxylation is 1. The largest absolute Gasteiger partial charge is 0.370 e. The minimum Gasteiger partial charge on any atom is -0.370 e. The lowest BCUT2D eigenvalue weighted by atomic mass is 10.1. The van der Waals surface area contributed by atoms with Crippen molar-refractivity contribution in [2.24, 2.45) is 0 Å². The molecule has 7 heteroatoms. The van der Waals surface area contributed by atoms with Gasteiger partial charge in [-0.2, -0.15) is 16.9 Å². The van der Waals surface area contributed by atoms with Crippen LogP contribution in [0.1, 0.15) is 29.7 Å². The monoisotopic (exact) mass is 332 g/mol. The van der Waals surface area contributed by atoms with E-state index in [1.165, 1.54) is 11.6 Å². The number of nitro groups is 1. The molecule has 0 unspecified atom stereocenters. The number of nitrogens with zero attached hydrogens (tertiary/aromatic N) is 3. The number of hydrogen-bond donors (Lipinski definition) is 1. The average molecular weight is 332 g/mol. The van der Waals surface area contributed by atoms with Crippen LogP contribution in [0.4, 0.5) is 11.5 Å². The molecule has 1 aromatic heterocycles. The molecular formula is C16H20N4O2S. The maximum absolute atomic E-state index is 11.1. The van der Waals surface area contributed by atoms with Gasteiger partial charge in [-0.1, -0.05) is 6.07 Å². The molecule has 122 valence electrons. The predicted octanol–water partition coefficient (Wildman–Crippen LogP) is 3.70. The van der Waals surface area contributed by atoms with Gasteiger partial charge in [0.1, 0.15) is 5.82 Å². The van der Waals surface area contributed by atoms with Crippen LogP contribution < -0.4 is 5.32 Å². The van der Waals surface area contributed by atoms with Gasteiger partial charge in [-0.25, -0.2) is 4.68 Å². The second-order valence-corrected chi connectivity index (χ2v) is 6.60. The quantitative estimate of drug-likeness (QED) is 0.682. The first-order chi connectivity index (χ1) is 11.1. The molecule has 1 aromatic carbocycles. The van der Waals surface area contributed by atoms with Gasteiger partial charge in [-0.15, -0.1) is 0 Å². The van der Waals surface area contributed by atoms with Gasteiger partial charge in [0, 0.05) is 30.0 Å². The summed E-state index contributed by atoms with van der Waals surface area (Å²) in [6, 6.07) is 4.93. The van der Waals surface area contributed by atoms with E-state index in [1.54, 1.807) is 23.9 Å². The van der Waals surface area contributed by atoms with E-state index >= 15 is 0 Å². The first-order valence-electron chi connectivity index (χ1n) is 7.71. The Morgan fingerprint density at radius 2 is 2.26 bits per heavy atom. The smallest absolute Gasteiger partial charge is 0.271 e. The summed E-state index contributed by atoms with van der Waals surface area (Å²) >= 11 is 1.74. The zero-order valence-electron chi connectivity index (χ0n) is 13.3. The molecule has 6 nitrogen and oxygen atoms in total. The molecule has 1 aliphatic heterocycles. The van der Waals surface area contributed by atoms with Gasteiger partial charge in [-0.05, 0) is 38.0 Å². The second-order valence-electron chi connectivity index (χ2n) is 5.73. The molecule has 0 atom stereocenters. The van der Waals surface area contributed by atoms with Gasteiger partial charge in [0.2, 0.25) is 0 Å². The molecule has 0 fully saturated rings. The summed E-state index contributed by atoms with van der Waals surface area (Å²) < 4.78 is 1.86. The van der Waals surface area contributed by atoms with Crippen LogP contribution in [0.3, 0.4) is 0 Å². The van der Waals surface area contributed by atoms with Crippen molar-refractivity contribution in [1.29, 1.82) is 0 Å². The SMILES string of the molecule is CSCc1nn(-c2cc([N+](=O)[O-])ccc2C)c2c1CCCCN2. The lowest BCUT2D eigenvalue weighted by molar-refractivity contribution is -0.384.